The molecule has 1 heterocycles. The molecule has 0 bridgehead atoms. The third kappa shape index (κ3) is 2.37. The van der Waals surface area contributed by atoms with Crippen LogP contribution in [0.3, 0.4) is 0 Å². The summed E-state index contributed by atoms with van der Waals surface area (Å²) in [5.41, 5.74) is 3.44. The fourth-order valence-electron chi connectivity index (χ4n) is 2.19. The highest BCUT2D eigenvalue weighted by Crippen LogP contribution is 2.26. The van der Waals surface area contributed by atoms with Crippen molar-refractivity contribution in [3.63, 3.8) is 0 Å². The van der Waals surface area contributed by atoms with Crippen molar-refractivity contribution in [2.75, 3.05) is 0 Å². The summed E-state index contributed by atoms with van der Waals surface area (Å²) in [5, 5.41) is 19.4. The smallest absolute Gasteiger partial charge is 0.149 e. The van der Waals surface area contributed by atoms with E-state index in [0.29, 0.717) is 17.0 Å². The van der Waals surface area contributed by atoms with Crippen molar-refractivity contribution in [2.24, 2.45) is 0 Å². The molecule has 0 saturated heterocycles. The third-order valence-electron chi connectivity index (χ3n) is 3.33. The van der Waals surface area contributed by atoms with Crippen LogP contribution in [0.15, 0.2) is 42.5 Å². The van der Waals surface area contributed by atoms with Crippen LogP contribution >= 0.6 is 0 Å². The van der Waals surface area contributed by atoms with Crippen molar-refractivity contribution < 1.29 is 5.11 Å². The van der Waals surface area contributed by atoms with Gasteiger partial charge in [-0.15, -0.1) is 0 Å². The first-order valence-electron chi connectivity index (χ1n) is 6.54. The quantitative estimate of drug-likeness (QED) is 0.701. The third-order valence-corrected chi connectivity index (χ3v) is 3.33. The first-order valence-corrected chi connectivity index (χ1v) is 6.54. The van der Waals surface area contributed by atoms with Crippen LogP contribution in [0.5, 0.6) is 5.75 Å². The number of aryl methyl sites for hydroxylation is 1. The predicted molar refractivity (Wildman–Crippen MR) is 82.4 cm³/mol. The Morgan fingerprint density at radius 3 is 2.81 bits per heavy atom. The van der Waals surface area contributed by atoms with Crippen molar-refractivity contribution in [3.05, 3.63) is 59.4 Å². The molecule has 0 aliphatic carbocycles. The van der Waals surface area contributed by atoms with Crippen molar-refractivity contribution in [1.82, 2.24) is 9.97 Å². The zero-order valence-corrected chi connectivity index (χ0v) is 11.5. The minimum Gasteiger partial charge on any atom is -0.507 e. The van der Waals surface area contributed by atoms with Crippen molar-refractivity contribution in [1.29, 1.82) is 5.26 Å². The lowest BCUT2D eigenvalue weighted by atomic mass is 10.1. The molecule has 102 valence electrons. The molecule has 0 atom stereocenters. The van der Waals surface area contributed by atoms with E-state index < -0.39 is 0 Å². The number of nitrogens with zero attached hydrogens (tertiary/aromatic N) is 2. The second-order valence-electron chi connectivity index (χ2n) is 4.79. The Bertz CT molecular complexity index is 851. The van der Waals surface area contributed by atoms with Gasteiger partial charge >= 0.3 is 0 Å². The maximum atomic E-state index is 10.0. The molecule has 4 nitrogen and oxygen atoms in total. The number of aromatic hydroxyl groups is 1. The molecular formula is C17H13N3O. The van der Waals surface area contributed by atoms with Gasteiger partial charge in [0, 0.05) is 5.56 Å². The molecule has 0 aliphatic rings. The van der Waals surface area contributed by atoms with Gasteiger partial charge in [-0.25, -0.2) is 4.98 Å². The number of aromatic amines is 1. The van der Waals surface area contributed by atoms with Gasteiger partial charge in [-0.1, -0.05) is 30.3 Å². The molecule has 0 radical (unpaired) electrons. The summed E-state index contributed by atoms with van der Waals surface area (Å²) in [6, 6.07) is 15.2. The topological polar surface area (TPSA) is 72.7 Å². The maximum absolute atomic E-state index is 10.0. The molecular weight excluding hydrogens is 262 g/mol. The number of H-pyrrole nitrogens is 1. The van der Waals surface area contributed by atoms with Crippen molar-refractivity contribution in [2.45, 2.75) is 6.92 Å². The van der Waals surface area contributed by atoms with Crippen LogP contribution in [0, 0.1) is 18.3 Å². The van der Waals surface area contributed by atoms with Gasteiger partial charge in [-0.2, -0.15) is 5.26 Å². The fraction of sp³-hybridized carbons (Fsp3) is 0.0588. The highest BCUT2D eigenvalue weighted by Gasteiger charge is 2.09. The number of rotatable bonds is 2. The molecule has 2 N–H and O–H groups in total. The Hall–Kier alpha value is -3.06. The summed E-state index contributed by atoms with van der Waals surface area (Å²) in [6.45, 7) is 1.82. The normalized spacial score (nSPS) is 11.5. The standard InChI is InChI=1S/C17H13N3O/c1-11-5-4-6-12(16(11)21)9-13(10-18)17-19-14-7-2-3-8-15(14)20-17/h2-9,21H,1H3,(H,19,20)/b13-9-. The second-order valence-corrected chi connectivity index (χ2v) is 4.79. The number of aromatic nitrogens is 2. The minimum absolute atomic E-state index is 0.182. The Labute approximate surface area is 122 Å². The zero-order chi connectivity index (χ0) is 14.8. The highest BCUT2D eigenvalue weighted by atomic mass is 16.3. The van der Waals surface area contributed by atoms with Crippen LogP contribution in [0.1, 0.15) is 17.0 Å². The Morgan fingerprint density at radius 1 is 1.24 bits per heavy atom. The number of phenols is 1. The van der Waals surface area contributed by atoms with Gasteiger partial charge in [0.05, 0.1) is 16.6 Å². The van der Waals surface area contributed by atoms with Crippen LogP contribution in [-0.2, 0) is 0 Å². The lowest BCUT2D eigenvalue weighted by Gasteiger charge is -2.02. The van der Waals surface area contributed by atoms with Gasteiger partial charge in [0.1, 0.15) is 17.6 Å². The average molecular weight is 275 g/mol. The summed E-state index contributed by atoms with van der Waals surface area (Å²) in [5.74, 6) is 0.681. The van der Waals surface area contributed by atoms with E-state index in [2.05, 4.69) is 16.0 Å². The molecule has 21 heavy (non-hydrogen) atoms. The number of benzene rings is 2. The van der Waals surface area contributed by atoms with E-state index in [1.807, 2.05) is 43.3 Å². The monoisotopic (exact) mass is 275 g/mol. The SMILES string of the molecule is Cc1cccc(/C=C(/C#N)c2nc3ccccc3[nH]2)c1O. The molecule has 0 spiro atoms. The molecule has 4 heteroatoms. The molecule has 0 fully saturated rings. The van der Waals surface area contributed by atoms with Crippen LogP contribution < -0.4 is 0 Å². The summed E-state index contributed by atoms with van der Waals surface area (Å²) >= 11 is 0. The summed E-state index contributed by atoms with van der Waals surface area (Å²) in [4.78, 5) is 7.52. The van der Waals surface area contributed by atoms with Crippen LogP contribution in [0.25, 0.3) is 22.7 Å². The largest absolute Gasteiger partial charge is 0.507 e. The predicted octanol–water partition coefficient (Wildman–Crippen LogP) is 3.64. The number of para-hydroxylation sites is 3. The zero-order valence-electron chi connectivity index (χ0n) is 11.5. The number of imidazole rings is 1. The highest BCUT2D eigenvalue weighted by molar-refractivity contribution is 5.91. The first-order chi connectivity index (χ1) is 10.2. The summed E-state index contributed by atoms with van der Waals surface area (Å²) < 4.78 is 0. The van der Waals surface area contributed by atoms with Crippen molar-refractivity contribution >= 4 is 22.7 Å². The van der Waals surface area contributed by atoms with Crippen LogP contribution in [-0.4, -0.2) is 15.1 Å². The Kier molecular flexibility index (Phi) is 3.17. The Balaban J connectivity index is 2.11. The van der Waals surface area contributed by atoms with Gasteiger partial charge in [0.15, 0.2) is 0 Å². The fourth-order valence-corrected chi connectivity index (χ4v) is 2.19. The molecule has 3 rings (SSSR count). The van der Waals surface area contributed by atoms with Gasteiger partial charge in [0.2, 0.25) is 0 Å². The summed E-state index contributed by atoms with van der Waals surface area (Å²) in [7, 11) is 0. The molecule has 1 aromatic heterocycles. The molecule has 0 amide bonds. The molecule has 0 unspecified atom stereocenters. The lowest BCUT2D eigenvalue weighted by Crippen LogP contribution is -1.86. The lowest BCUT2D eigenvalue weighted by molar-refractivity contribution is 0.470. The number of hydrogen-bond donors (Lipinski definition) is 2. The van der Waals surface area contributed by atoms with E-state index in [0.717, 1.165) is 16.6 Å². The number of nitrogens with one attached hydrogen (secondary N) is 1. The average Bonchev–Trinajstić information content (AvgIpc) is 2.92. The number of phenolic OH excluding ortho intramolecular Hbond substituents is 1. The number of hydrogen-bond acceptors (Lipinski definition) is 3. The van der Waals surface area contributed by atoms with E-state index in [4.69, 9.17) is 0 Å². The first kappa shape index (κ1) is 12.9. The number of allylic oxidation sites excluding steroid dienone is 1. The second kappa shape index (κ2) is 5.14. The minimum atomic E-state index is 0.182. The Morgan fingerprint density at radius 2 is 2.05 bits per heavy atom. The van der Waals surface area contributed by atoms with E-state index in [-0.39, 0.29) is 5.75 Å². The van der Waals surface area contributed by atoms with Gasteiger partial charge in [0.25, 0.3) is 0 Å². The van der Waals surface area contributed by atoms with E-state index in [1.165, 1.54) is 0 Å². The van der Waals surface area contributed by atoms with Gasteiger partial charge in [-0.3, -0.25) is 0 Å². The van der Waals surface area contributed by atoms with Crippen LogP contribution in [0.2, 0.25) is 0 Å². The molecule has 2 aromatic carbocycles. The molecule has 0 aliphatic heterocycles. The van der Waals surface area contributed by atoms with Gasteiger partial charge in [-0.05, 0) is 30.7 Å². The number of fused-ring (bicyclic) bond motifs is 1. The van der Waals surface area contributed by atoms with Crippen LogP contribution in [0.4, 0.5) is 0 Å². The van der Waals surface area contributed by atoms with Crippen molar-refractivity contribution in [3.8, 4) is 11.8 Å². The maximum Gasteiger partial charge on any atom is 0.149 e. The van der Waals surface area contributed by atoms with E-state index >= 15 is 0 Å². The van der Waals surface area contributed by atoms with E-state index in [9.17, 15) is 10.4 Å². The van der Waals surface area contributed by atoms with Gasteiger partial charge < -0.3 is 10.1 Å². The number of nitriles is 1. The summed E-state index contributed by atoms with van der Waals surface area (Å²) in [6.07, 6.45) is 1.64. The molecule has 0 saturated carbocycles. The van der Waals surface area contributed by atoms with E-state index in [1.54, 1.807) is 12.1 Å². The molecule has 3 aromatic rings.